The molecule has 27 heavy (non-hydrogen) atoms. The van der Waals surface area contributed by atoms with Crippen LogP contribution in [0.25, 0.3) is 0 Å². The number of esters is 1. The summed E-state index contributed by atoms with van der Waals surface area (Å²) in [4.78, 5) is 27.6. The summed E-state index contributed by atoms with van der Waals surface area (Å²) in [6, 6.07) is 6.77. The van der Waals surface area contributed by atoms with E-state index in [-0.39, 0.29) is 19.0 Å². The lowest BCUT2D eigenvalue weighted by Gasteiger charge is -2.11. The summed E-state index contributed by atoms with van der Waals surface area (Å²) in [6.07, 6.45) is 0. The van der Waals surface area contributed by atoms with E-state index in [1.54, 1.807) is 39.0 Å². The summed E-state index contributed by atoms with van der Waals surface area (Å²) in [6.45, 7) is 7.36. The van der Waals surface area contributed by atoms with E-state index in [2.05, 4.69) is 4.98 Å². The lowest BCUT2D eigenvalue weighted by Crippen LogP contribution is -2.14. The zero-order valence-corrected chi connectivity index (χ0v) is 15.8. The van der Waals surface area contributed by atoms with Crippen LogP contribution in [0, 0.1) is 25.2 Å². The van der Waals surface area contributed by atoms with Crippen LogP contribution in [0.5, 0.6) is 11.5 Å². The summed E-state index contributed by atoms with van der Waals surface area (Å²) < 4.78 is 16.1. The maximum Gasteiger partial charge on any atom is 0.340 e. The van der Waals surface area contributed by atoms with Crippen molar-refractivity contribution in [1.29, 1.82) is 5.26 Å². The van der Waals surface area contributed by atoms with Gasteiger partial charge in [-0.15, -0.1) is 0 Å². The van der Waals surface area contributed by atoms with Gasteiger partial charge in [-0.25, -0.2) is 4.79 Å². The van der Waals surface area contributed by atoms with Crippen LogP contribution in [-0.2, 0) is 4.74 Å². The van der Waals surface area contributed by atoms with Crippen molar-refractivity contribution in [3.05, 3.63) is 46.3 Å². The number of nitriles is 1. The standard InChI is InChI=1S/C20H22N2O5/c1-5-25-17-9-14(10-21)7-8-16(17)27-11-15(23)19-12(3)18(13(4)22-19)20(24)26-6-2/h7-9,22H,5-6,11H2,1-4H3. The van der Waals surface area contributed by atoms with Crippen molar-refractivity contribution in [2.75, 3.05) is 19.8 Å². The van der Waals surface area contributed by atoms with Crippen LogP contribution in [0.4, 0.5) is 0 Å². The molecule has 0 aliphatic carbocycles. The Hall–Kier alpha value is -3.27. The zero-order chi connectivity index (χ0) is 20.0. The van der Waals surface area contributed by atoms with E-state index in [0.717, 1.165) is 0 Å². The monoisotopic (exact) mass is 370 g/mol. The molecule has 1 aromatic heterocycles. The highest BCUT2D eigenvalue weighted by Gasteiger charge is 2.23. The molecule has 1 N–H and O–H groups in total. The SMILES string of the molecule is CCOC(=O)c1c(C)[nH]c(C(=O)COc2ccc(C#N)cc2OCC)c1C. The van der Waals surface area contributed by atoms with Gasteiger partial charge < -0.3 is 19.2 Å². The normalized spacial score (nSPS) is 10.2. The van der Waals surface area contributed by atoms with Gasteiger partial charge in [-0.2, -0.15) is 5.26 Å². The molecular weight excluding hydrogens is 348 g/mol. The number of rotatable bonds is 8. The van der Waals surface area contributed by atoms with Crippen molar-refractivity contribution in [2.45, 2.75) is 27.7 Å². The number of H-pyrrole nitrogens is 1. The van der Waals surface area contributed by atoms with E-state index in [9.17, 15) is 9.59 Å². The molecule has 1 aromatic carbocycles. The number of aromatic nitrogens is 1. The summed E-state index contributed by atoms with van der Waals surface area (Å²) in [5.41, 5.74) is 2.22. The lowest BCUT2D eigenvalue weighted by atomic mass is 10.1. The number of hydrogen-bond acceptors (Lipinski definition) is 6. The van der Waals surface area contributed by atoms with Gasteiger partial charge in [-0.05, 0) is 45.4 Å². The Kier molecular flexibility index (Phi) is 6.61. The predicted octanol–water partition coefficient (Wildman–Crippen LogP) is 3.34. The quantitative estimate of drug-likeness (QED) is 0.565. The maximum absolute atomic E-state index is 12.6. The van der Waals surface area contributed by atoms with Gasteiger partial charge in [0, 0.05) is 11.8 Å². The topological polar surface area (TPSA) is 101 Å². The van der Waals surface area contributed by atoms with Crippen LogP contribution < -0.4 is 9.47 Å². The van der Waals surface area contributed by atoms with Gasteiger partial charge >= 0.3 is 5.97 Å². The lowest BCUT2D eigenvalue weighted by molar-refractivity contribution is 0.0525. The first-order valence-corrected chi connectivity index (χ1v) is 8.62. The van der Waals surface area contributed by atoms with Crippen molar-refractivity contribution < 1.29 is 23.8 Å². The van der Waals surface area contributed by atoms with Gasteiger partial charge in [0.1, 0.15) is 0 Å². The number of nitrogens with zero attached hydrogens (tertiary/aromatic N) is 1. The molecule has 142 valence electrons. The van der Waals surface area contributed by atoms with E-state index in [1.807, 2.05) is 13.0 Å². The Morgan fingerprint density at radius 2 is 1.85 bits per heavy atom. The molecule has 0 aliphatic rings. The summed E-state index contributed by atoms with van der Waals surface area (Å²) in [5, 5.41) is 8.99. The Morgan fingerprint density at radius 3 is 2.48 bits per heavy atom. The highest BCUT2D eigenvalue weighted by atomic mass is 16.5. The van der Waals surface area contributed by atoms with Crippen molar-refractivity contribution in [1.82, 2.24) is 4.98 Å². The van der Waals surface area contributed by atoms with Crippen LogP contribution >= 0.6 is 0 Å². The number of carbonyl (C=O) groups is 2. The first-order chi connectivity index (χ1) is 12.9. The molecule has 0 saturated heterocycles. The first kappa shape index (κ1) is 20.0. The summed E-state index contributed by atoms with van der Waals surface area (Å²) >= 11 is 0. The number of ketones is 1. The molecule has 2 rings (SSSR count). The number of hydrogen-bond donors (Lipinski definition) is 1. The summed E-state index contributed by atoms with van der Waals surface area (Å²) in [7, 11) is 0. The van der Waals surface area contributed by atoms with Crippen LogP contribution in [0.3, 0.4) is 0 Å². The fourth-order valence-corrected chi connectivity index (χ4v) is 2.72. The maximum atomic E-state index is 12.6. The van der Waals surface area contributed by atoms with Gasteiger partial charge in [0.2, 0.25) is 5.78 Å². The first-order valence-electron chi connectivity index (χ1n) is 8.62. The minimum Gasteiger partial charge on any atom is -0.490 e. The molecule has 1 heterocycles. The number of Topliss-reactive ketones (excluding diaryl/α,β-unsaturated/α-hetero) is 1. The number of nitrogens with one attached hydrogen (secondary N) is 1. The largest absolute Gasteiger partial charge is 0.490 e. The minimum absolute atomic E-state index is 0.241. The van der Waals surface area contributed by atoms with Crippen molar-refractivity contribution >= 4 is 11.8 Å². The third kappa shape index (κ3) is 4.47. The minimum atomic E-state index is -0.463. The molecule has 0 radical (unpaired) electrons. The second-order valence-corrected chi connectivity index (χ2v) is 5.76. The molecule has 0 unspecified atom stereocenters. The molecule has 2 aromatic rings. The van der Waals surface area contributed by atoms with E-state index in [4.69, 9.17) is 19.5 Å². The van der Waals surface area contributed by atoms with Gasteiger partial charge in [0.25, 0.3) is 0 Å². The van der Waals surface area contributed by atoms with Crippen LogP contribution in [0.2, 0.25) is 0 Å². The van der Waals surface area contributed by atoms with E-state index in [0.29, 0.717) is 46.2 Å². The molecule has 0 aliphatic heterocycles. The van der Waals surface area contributed by atoms with Gasteiger partial charge in [-0.1, -0.05) is 0 Å². The number of ether oxygens (including phenoxy) is 3. The predicted molar refractivity (Wildman–Crippen MR) is 98.4 cm³/mol. The molecule has 0 saturated carbocycles. The van der Waals surface area contributed by atoms with E-state index < -0.39 is 5.97 Å². The third-order valence-electron chi connectivity index (χ3n) is 3.93. The molecule has 0 amide bonds. The molecule has 0 spiro atoms. The molecule has 7 nitrogen and oxygen atoms in total. The van der Waals surface area contributed by atoms with Crippen LogP contribution in [0.15, 0.2) is 18.2 Å². The fourth-order valence-electron chi connectivity index (χ4n) is 2.72. The van der Waals surface area contributed by atoms with Crippen molar-refractivity contribution in [3.8, 4) is 17.6 Å². The second-order valence-electron chi connectivity index (χ2n) is 5.76. The Labute approximate surface area is 157 Å². The Morgan fingerprint density at radius 1 is 1.11 bits per heavy atom. The molecule has 0 fully saturated rings. The number of aryl methyl sites for hydroxylation is 1. The number of carbonyl (C=O) groups excluding carboxylic acids is 2. The highest BCUT2D eigenvalue weighted by molar-refractivity contribution is 6.02. The molecule has 7 heteroatoms. The number of aromatic amines is 1. The number of benzene rings is 1. The average Bonchev–Trinajstić information content (AvgIpc) is 2.95. The second kappa shape index (κ2) is 8.90. The van der Waals surface area contributed by atoms with E-state index >= 15 is 0 Å². The fraction of sp³-hybridized carbons (Fsp3) is 0.350. The third-order valence-corrected chi connectivity index (χ3v) is 3.93. The van der Waals surface area contributed by atoms with Crippen LogP contribution in [0.1, 0.15) is 51.5 Å². The van der Waals surface area contributed by atoms with Gasteiger partial charge in [-0.3, -0.25) is 4.79 Å². The van der Waals surface area contributed by atoms with Crippen molar-refractivity contribution in [2.24, 2.45) is 0 Å². The summed E-state index contributed by atoms with van der Waals surface area (Å²) in [5.74, 6) is -0.000836. The molecular formula is C20H22N2O5. The Balaban J connectivity index is 2.19. The smallest absolute Gasteiger partial charge is 0.340 e. The van der Waals surface area contributed by atoms with Gasteiger partial charge in [0.05, 0.1) is 36.1 Å². The zero-order valence-electron chi connectivity index (χ0n) is 15.8. The highest BCUT2D eigenvalue weighted by Crippen LogP contribution is 2.28. The Bertz CT molecular complexity index is 893. The van der Waals surface area contributed by atoms with Crippen molar-refractivity contribution in [3.63, 3.8) is 0 Å². The van der Waals surface area contributed by atoms with Crippen LogP contribution in [-0.4, -0.2) is 36.6 Å². The van der Waals surface area contributed by atoms with Gasteiger partial charge in [0.15, 0.2) is 18.1 Å². The molecule has 0 atom stereocenters. The molecule has 0 bridgehead atoms. The van der Waals surface area contributed by atoms with E-state index in [1.165, 1.54) is 0 Å². The average molecular weight is 370 g/mol.